The molecule has 1 aromatic rings. The van der Waals surface area contributed by atoms with E-state index in [1.807, 2.05) is 0 Å². The maximum absolute atomic E-state index is 12.5. The molecule has 1 saturated heterocycles. The van der Waals surface area contributed by atoms with Crippen LogP contribution in [0.2, 0.25) is 0 Å². The average Bonchev–Trinajstić information content (AvgIpc) is 2.88. The Morgan fingerprint density at radius 3 is 2.10 bits per heavy atom. The molecule has 21 heavy (non-hydrogen) atoms. The van der Waals surface area contributed by atoms with Crippen LogP contribution in [-0.4, -0.2) is 51.7 Å². The molecule has 1 aromatic carbocycles. The number of benzene rings is 1. The first-order chi connectivity index (χ1) is 9.62. The van der Waals surface area contributed by atoms with Gasteiger partial charge in [0, 0.05) is 19.3 Å². The normalized spacial score (nSPS) is 22.3. The van der Waals surface area contributed by atoms with E-state index in [1.54, 1.807) is 6.92 Å². The molecule has 2 rings (SSSR count). The Morgan fingerprint density at radius 1 is 1.14 bits per heavy atom. The predicted octanol–water partition coefficient (Wildman–Crippen LogP) is 0.482. The van der Waals surface area contributed by atoms with Crippen LogP contribution in [0.15, 0.2) is 34.1 Å². The zero-order valence-electron chi connectivity index (χ0n) is 11.9. The van der Waals surface area contributed by atoms with Gasteiger partial charge in [-0.2, -0.15) is 4.31 Å². The number of rotatable bonds is 4. The van der Waals surface area contributed by atoms with E-state index in [1.165, 1.54) is 28.6 Å². The highest BCUT2D eigenvalue weighted by atomic mass is 32.2. The lowest BCUT2D eigenvalue weighted by atomic mass is 10.0. The van der Waals surface area contributed by atoms with Crippen LogP contribution in [0, 0.1) is 5.92 Å². The van der Waals surface area contributed by atoms with E-state index in [0.717, 1.165) is 6.26 Å². The summed E-state index contributed by atoms with van der Waals surface area (Å²) in [5.74, 6) is -0.0601. The Kier molecular flexibility index (Phi) is 4.44. The second-order valence-electron chi connectivity index (χ2n) is 5.40. The number of sulfone groups is 1. The van der Waals surface area contributed by atoms with Gasteiger partial charge in [-0.1, -0.05) is 0 Å². The van der Waals surface area contributed by atoms with Crippen molar-refractivity contribution in [3.63, 3.8) is 0 Å². The highest BCUT2D eigenvalue weighted by molar-refractivity contribution is 7.90. The Morgan fingerprint density at radius 2 is 1.67 bits per heavy atom. The maximum atomic E-state index is 12.5. The largest absolute Gasteiger partial charge is 0.393 e. The van der Waals surface area contributed by atoms with E-state index >= 15 is 0 Å². The molecule has 1 aliphatic heterocycles. The number of hydrogen-bond acceptors (Lipinski definition) is 5. The molecule has 0 bridgehead atoms. The monoisotopic (exact) mass is 333 g/mol. The average molecular weight is 333 g/mol. The minimum Gasteiger partial charge on any atom is -0.393 e. The fourth-order valence-electron chi connectivity index (χ4n) is 2.37. The molecule has 2 unspecified atom stereocenters. The molecule has 118 valence electrons. The van der Waals surface area contributed by atoms with Gasteiger partial charge in [0.15, 0.2) is 9.84 Å². The first-order valence-electron chi connectivity index (χ1n) is 6.60. The highest BCUT2D eigenvalue weighted by Gasteiger charge is 2.34. The van der Waals surface area contributed by atoms with Gasteiger partial charge in [0.05, 0.1) is 15.9 Å². The lowest BCUT2D eigenvalue weighted by Gasteiger charge is -2.17. The lowest BCUT2D eigenvalue weighted by Crippen LogP contribution is -2.30. The first-order valence-corrected chi connectivity index (χ1v) is 9.94. The van der Waals surface area contributed by atoms with Crippen LogP contribution >= 0.6 is 0 Å². The molecule has 1 aliphatic rings. The SMILES string of the molecule is CC(O)C1CCN(S(=O)(=O)c2ccc(S(C)(=O)=O)cc2)C1. The van der Waals surface area contributed by atoms with Gasteiger partial charge in [-0.25, -0.2) is 16.8 Å². The topological polar surface area (TPSA) is 91.8 Å². The molecule has 0 saturated carbocycles. The Bertz CT molecular complexity index is 707. The van der Waals surface area contributed by atoms with Gasteiger partial charge < -0.3 is 5.11 Å². The number of sulfonamides is 1. The predicted molar refractivity (Wildman–Crippen MR) is 78.1 cm³/mol. The summed E-state index contributed by atoms with van der Waals surface area (Å²) in [6.07, 6.45) is 1.15. The van der Waals surface area contributed by atoms with Crippen molar-refractivity contribution in [3.8, 4) is 0 Å². The quantitative estimate of drug-likeness (QED) is 0.865. The van der Waals surface area contributed by atoms with Gasteiger partial charge in [0.1, 0.15) is 0 Å². The third-order valence-corrected chi connectivity index (χ3v) is 6.77. The first kappa shape index (κ1) is 16.4. The number of nitrogens with zero attached hydrogens (tertiary/aromatic N) is 1. The summed E-state index contributed by atoms with van der Waals surface area (Å²) in [4.78, 5) is 0.158. The molecule has 2 atom stereocenters. The van der Waals surface area contributed by atoms with Crippen LogP contribution in [-0.2, 0) is 19.9 Å². The molecule has 6 nitrogen and oxygen atoms in total. The van der Waals surface area contributed by atoms with Crippen molar-refractivity contribution in [2.75, 3.05) is 19.3 Å². The maximum Gasteiger partial charge on any atom is 0.243 e. The van der Waals surface area contributed by atoms with Crippen molar-refractivity contribution >= 4 is 19.9 Å². The molecule has 0 aromatic heterocycles. The van der Waals surface area contributed by atoms with E-state index in [2.05, 4.69) is 0 Å². The van der Waals surface area contributed by atoms with Crippen LogP contribution < -0.4 is 0 Å². The van der Waals surface area contributed by atoms with Gasteiger partial charge in [-0.15, -0.1) is 0 Å². The van der Waals surface area contributed by atoms with E-state index in [0.29, 0.717) is 13.0 Å². The summed E-state index contributed by atoms with van der Waals surface area (Å²) in [5.41, 5.74) is 0. The summed E-state index contributed by atoms with van der Waals surface area (Å²) >= 11 is 0. The Hall–Kier alpha value is -0.960. The minimum atomic E-state index is -3.64. The molecule has 0 amide bonds. The fraction of sp³-hybridized carbons (Fsp3) is 0.538. The van der Waals surface area contributed by atoms with Gasteiger partial charge in [0.2, 0.25) is 10.0 Å². The van der Waals surface area contributed by atoms with Crippen LogP contribution in [0.4, 0.5) is 0 Å². The number of hydrogen-bond donors (Lipinski definition) is 1. The molecule has 0 aliphatic carbocycles. The summed E-state index contributed by atoms with van der Waals surface area (Å²) in [6, 6.07) is 5.21. The zero-order valence-corrected chi connectivity index (χ0v) is 13.6. The fourth-order valence-corrected chi connectivity index (χ4v) is 4.52. The summed E-state index contributed by atoms with van der Waals surface area (Å²) in [5, 5.41) is 9.54. The van der Waals surface area contributed by atoms with Crippen LogP contribution in [0.25, 0.3) is 0 Å². The molecule has 8 heteroatoms. The molecule has 1 N–H and O–H groups in total. The lowest BCUT2D eigenvalue weighted by molar-refractivity contribution is 0.133. The molecule has 1 heterocycles. The van der Waals surface area contributed by atoms with Crippen molar-refractivity contribution in [3.05, 3.63) is 24.3 Å². The highest BCUT2D eigenvalue weighted by Crippen LogP contribution is 2.26. The van der Waals surface area contributed by atoms with Crippen molar-refractivity contribution in [1.82, 2.24) is 4.31 Å². The standard InChI is InChI=1S/C13H19NO5S2/c1-10(15)11-7-8-14(9-11)21(18,19)13-5-3-12(4-6-13)20(2,16)17/h3-6,10-11,15H,7-9H2,1-2H3. The van der Waals surface area contributed by atoms with E-state index in [4.69, 9.17) is 0 Å². The molecular formula is C13H19NO5S2. The van der Waals surface area contributed by atoms with Gasteiger partial charge >= 0.3 is 0 Å². The van der Waals surface area contributed by atoms with E-state index in [-0.39, 0.29) is 22.3 Å². The van der Waals surface area contributed by atoms with Crippen LogP contribution in [0.5, 0.6) is 0 Å². The zero-order chi connectivity index (χ0) is 15.8. The summed E-state index contributed by atoms with van der Waals surface area (Å²) < 4.78 is 49.0. The van der Waals surface area contributed by atoms with Crippen molar-refractivity contribution in [2.24, 2.45) is 5.92 Å². The molecule has 0 radical (unpaired) electrons. The van der Waals surface area contributed by atoms with E-state index < -0.39 is 26.0 Å². The summed E-state index contributed by atoms with van der Waals surface area (Å²) in [7, 11) is -6.99. The molecule has 1 fully saturated rings. The third-order valence-electron chi connectivity index (χ3n) is 3.76. The number of aliphatic hydroxyl groups is 1. The second kappa shape index (κ2) is 5.68. The van der Waals surface area contributed by atoms with Crippen molar-refractivity contribution < 1.29 is 21.9 Å². The van der Waals surface area contributed by atoms with Gasteiger partial charge in [-0.3, -0.25) is 0 Å². The van der Waals surface area contributed by atoms with Crippen molar-refractivity contribution in [2.45, 2.75) is 29.2 Å². The van der Waals surface area contributed by atoms with Gasteiger partial charge in [-0.05, 0) is 43.5 Å². The minimum absolute atomic E-state index is 0.0601. The Labute approximate surface area is 125 Å². The van der Waals surface area contributed by atoms with Crippen molar-refractivity contribution in [1.29, 1.82) is 0 Å². The molecular weight excluding hydrogens is 314 g/mol. The van der Waals surface area contributed by atoms with E-state index in [9.17, 15) is 21.9 Å². The second-order valence-corrected chi connectivity index (χ2v) is 9.35. The molecule has 0 spiro atoms. The van der Waals surface area contributed by atoms with Gasteiger partial charge in [0.25, 0.3) is 0 Å². The third kappa shape index (κ3) is 3.45. The van der Waals surface area contributed by atoms with Crippen LogP contribution in [0.3, 0.4) is 0 Å². The summed E-state index contributed by atoms with van der Waals surface area (Å²) in [6.45, 7) is 2.31. The number of aliphatic hydroxyl groups excluding tert-OH is 1. The van der Waals surface area contributed by atoms with Crippen LogP contribution in [0.1, 0.15) is 13.3 Å². The smallest absolute Gasteiger partial charge is 0.243 e. The Balaban J connectivity index is 2.25.